The number of anilines is 1. The number of nitrogen functional groups attached to an aromatic ring is 2. The normalized spacial score (nSPS) is 18.3. The fourth-order valence-electron chi connectivity index (χ4n) is 2.88. The van der Waals surface area contributed by atoms with E-state index in [0.29, 0.717) is 0 Å². The van der Waals surface area contributed by atoms with Gasteiger partial charge in [0.2, 0.25) is 5.95 Å². The number of nitrogens with zero attached hydrogens (tertiary/aromatic N) is 3. The first-order chi connectivity index (χ1) is 9.24. The largest absolute Gasteiger partial charge is 0.366 e. The molecule has 2 aromatic rings. The van der Waals surface area contributed by atoms with Crippen molar-refractivity contribution >= 4 is 5.95 Å². The van der Waals surface area contributed by atoms with Crippen LogP contribution >= 0.6 is 0 Å². The fraction of sp³-hybridized carbons (Fsp3) is 0.385. The van der Waals surface area contributed by atoms with Crippen LogP contribution in [0.5, 0.6) is 0 Å². The van der Waals surface area contributed by atoms with Crippen molar-refractivity contribution in [3.8, 4) is 0 Å². The number of hydrogen-bond acceptors (Lipinski definition) is 5. The molecule has 0 spiro atoms. The van der Waals surface area contributed by atoms with Gasteiger partial charge in [0.05, 0.1) is 5.41 Å². The molecule has 0 bridgehead atoms. The third-order valence-corrected chi connectivity index (χ3v) is 3.93. The van der Waals surface area contributed by atoms with Crippen LogP contribution in [0.3, 0.4) is 0 Å². The minimum absolute atomic E-state index is 0.202. The van der Waals surface area contributed by atoms with E-state index in [2.05, 4.69) is 27.6 Å². The number of hydrogen-bond donors (Lipinski definition) is 3. The zero-order chi connectivity index (χ0) is 13.3. The summed E-state index contributed by atoms with van der Waals surface area (Å²) in [6.07, 6.45) is 1.87. The van der Waals surface area contributed by atoms with E-state index in [0.717, 1.165) is 31.8 Å². The van der Waals surface area contributed by atoms with Gasteiger partial charge in [0.25, 0.3) is 0 Å². The Morgan fingerprint density at radius 3 is 2.37 bits per heavy atom. The maximum atomic E-state index is 6.00. The first-order valence-corrected chi connectivity index (χ1v) is 6.47. The van der Waals surface area contributed by atoms with E-state index in [1.807, 2.05) is 18.2 Å². The zero-order valence-corrected chi connectivity index (χ0v) is 10.7. The zero-order valence-electron chi connectivity index (χ0n) is 10.7. The maximum Gasteiger partial charge on any atom is 0.240 e. The summed E-state index contributed by atoms with van der Waals surface area (Å²) in [6, 6.07) is 10.3. The lowest BCUT2D eigenvalue weighted by Crippen LogP contribution is -2.43. The third-order valence-electron chi connectivity index (χ3n) is 3.93. The van der Waals surface area contributed by atoms with E-state index in [-0.39, 0.29) is 11.4 Å². The highest BCUT2D eigenvalue weighted by Crippen LogP contribution is 2.38. The van der Waals surface area contributed by atoms with E-state index in [1.54, 1.807) is 0 Å². The maximum absolute atomic E-state index is 6.00. The highest BCUT2D eigenvalue weighted by molar-refractivity contribution is 5.36. The molecule has 1 aromatic heterocycles. The van der Waals surface area contributed by atoms with Crippen LogP contribution in [0.4, 0.5) is 5.95 Å². The Bertz CT molecular complexity index is 556. The Balaban J connectivity index is 2.14. The van der Waals surface area contributed by atoms with E-state index in [1.165, 1.54) is 10.2 Å². The minimum atomic E-state index is -0.202. The number of rotatable bonds is 2. The van der Waals surface area contributed by atoms with Crippen molar-refractivity contribution in [2.24, 2.45) is 0 Å². The van der Waals surface area contributed by atoms with Gasteiger partial charge in [0.1, 0.15) is 0 Å². The van der Waals surface area contributed by atoms with Crippen molar-refractivity contribution in [2.75, 3.05) is 24.7 Å². The summed E-state index contributed by atoms with van der Waals surface area (Å²) < 4.78 is 1.42. The molecule has 1 aromatic carbocycles. The van der Waals surface area contributed by atoms with Gasteiger partial charge in [-0.05, 0) is 31.5 Å². The highest BCUT2D eigenvalue weighted by Gasteiger charge is 2.40. The summed E-state index contributed by atoms with van der Waals surface area (Å²) >= 11 is 0. The number of benzene rings is 1. The SMILES string of the molecule is Nc1nnc(C2(c3ccccc3)CCNCC2)n1N. The van der Waals surface area contributed by atoms with Crippen LogP contribution < -0.4 is 16.9 Å². The predicted molar refractivity (Wildman–Crippen MR) is 73.9 cm³/mol. The monoisotopic (exact) mass is 258 g/mol. The molecule has 0 radical (unpaired) electrons. The van der Waals surface area contributed by atoms with E-state index in [9.17, 15) is 0 Å². The van der Waals surface area contributed by atoms with Crippen LogP contribution in [-0.4, -0.2) is 28.0 Å². The first kappa shape index (κ1) is 12.0. The van der Waals surface area contributed by atoms with Crippen molar-refractivity contribution in [3.63, 3.8) is 0 Å². The minimum Gasteiger partial charge on any atom is -0.366 e. The molecule has 0 unspecified atom stereocenters. The van der Waals surface area contributed by atoms with Gasteiger partial charge in [-0.1, -0.05) is 30.3 Å². The second-order valence-corrected chi connectivity index (χ2v) is 4.95. The van der Waals surface area contributed by atoms with Crippen LogP contribution in [0.1, 0.15) is 24.2 Å². The molecule has 1 aliphatic heterocycles. The van der Waals surface area contributed by atoms with Crippen LogP contribution in [0, 0.1) is 0 Å². The Kier molecular flexibility index (Phi) is 2.87. The van der Waals surface area contributed by atoms with Gasteiger partial charge in [-0.2, -0.15) is 0 Å². The number of nitrogens with one attached hydrogen (secondary N) is 1. The molecule has 2 heterocycles. The third kappa shape index (κ3) is 1.84. The molecule has 0 amide bonds. The molecular formula is C13H18N6. The molecule has 1 aliphatic rings. The Labute approximate surface area is 111 Å². The Morgan fingerprint density at radius 1 is 1.11 bits per heavy atom. The molecule has 1 saturated heterocycles. The van der Waals surface area contributed by atoms with Crippen molar-refractivity contribution in [1.82, 2.24) is 20.2 Å². The second kappa shape index (κ2) is 4.55. The van der Waals surface area contributed by atoms with Gasteiger partial charge in [-0.25, -0.2) is 4.68 Å². The molecule has 0 aliphatic carbocycles. The van der Waals surface area contributed by atoms with E-state index < -0.39 is 0 Å². The van der Waals surface area contributed by atoms with E-state index in [4.69, 9.17) is 11.6 Å². The molecular weight excluding hydrogens is 240 g/mol. The lowest BCUT2D eigenvalue weighted by molar-refractivity contribution is 0.340. The number of piperidine rings is 1. The first-order valence-electron chi connectivity index (χ1n) is 6.47. The van der Waals surface area contributed by atoms with E-state index >= 15 is 0 Å². The van der Waals surface area contributed by atoms with Gasteiger partial charge in [0.15, 0.2) is 5.82 Å². The Hall–Kier alpha value is -2.08. The molecule has 5 N–H and O–H groups in total. The van der Waals surface area contributed by atoms with Crippen molar-refractivity contribution in [2.45, 2.75) is 18.3 Å². The molecule has 0 atom stereocenters. The average Bonchev–Trinajstić information content (AvgIpc) is 2.81. The van der Waals surface area contributed by atoms with Gasteiger partial charge >= 0.3 is 0 Å². The van der Waals surface area contributed by atoms with Crippen LogP contribution in [-0.2, 0) is 5.41 Å². The predicted octanol–water partition coefficient (Wildman–Crippen LogP) is 0.244. The molecule has 1 fully saturated rings. The topological polar surface area (TPSA) is 94.8 Å². The number of aromatic nitrogens is 3. The van der Waals surface area contributed by atoms with Crippen LogP contribution in [0.15, 0.2) is 30.3 Å². The quantitative estimate of drug-likeness (QED) is 0.671. The molecule has 0 saturated carbocycles. The molecule has 6 heteroatoms. The summed E-state index contributed by atoms with van der Waals surface area (Å²) in [6.45, 7) is 1.86. The second-order valence-electron chi connectivity index (χ2n) is 4.95. The standard InChI is InChI=1S/C13H18N6/c14-12-18-17-11(19(12)15)13(6-8-16-9-7-13)10-4-2-1-3-5-10/h1-5,16H,6-9,15H2,(H2,14,18). The van der Waals surface area contributed by atoms with Gasteiger partial charge in [-0.3, -0.25) is 0 Å². The van der Waals surface area contributed by atoms with Crippen LogP contribution in [0.2, 0.25) is 0 Å². The van der Waals surface area contributed by atoms with Crippen molar-refractivity contribution < 1.29 is 0 Å². The lowest BCUT2D eigenvalue weighted by atomic mass is 9.72. The van der Waals surface area contributed by atoms with Crippen molar-refractivity contribution in [1.29, 1.82) is 0 Å². The number of nitrogens with two attached hydrogens (primary N) is 2. The molecule has 6 nitrogen and oxygen atoms in total. The molecule has 3 rings (SSSR count). The summed E-state index contributed by atoms with van der Waals surface area (Å²) in [5.41, 5.74) is 6.75. The Morgan fingerprint density at radius 2 is 1.79 bits per heavy atom. The van der Waals surface area contributed by atoms with Gasteiger partial charge in [0, 0.05) is 0 Å². The summed E-state index contributed by atoms with van der Waals surface area (Å²) in [7, 11) is 0. The van der Waals surface area contributed by atoms with Gasteiger partial charge < -0.3 is 16.9 Å². The summed E-state index contributed by atoms with van der Waals surface area (Å²) in [5, 5.41) is 11.5. The summed E-state index contributed by atoms with van der Waals surface area (Å²) in [5.74, 6) is 7.00. The van der Waals surface area contributed by atoms with Crippen LogP contribution in [0.25, 0.3) is 0 Å². The highest BCUT2D eigenvalue weighted by atomic mass is 15.4. The lowest BCUT2D eigenvalue weighted by Gasteiger charge is -2.36. The molecule has 19 heavy (non-hydrogen) atoms. The fourth-order valence-corrected chi connectivity index (χ4v) is 2.88. The van der Waals surface area contributed by atoms with Crippen molar-refractivity contribution in [3.05, 3.63) is 41.7 Å². The smallest absolute Gasteiger partial charge is 0.240 e. The molecule has 100 valence electrons. The van der Waals surface area contributed by atoms with Gasteiger partial charge in [-0.15, -0.1) is 10.2 Å². The summed E-state index contributed by atoms with van der Waals surface area (Å²) in [4.78, 5) is 0. The average molecular weight is 258 g/mol.